The lowest BCUT2D eigenvalue weighted by Crippen LogP contribution is -2.23. The number of oxime groups is 1. The molecule has 1 aromatic carbocycles. The van der Waals surface area contributed by atoms with Crippen molar-refractivity contribution in [2.45, 2.75) is 45.3 Å². The van der Waals surface area contributed by atoms with Crippen molar-refractivity contribution in [3.8, 4) is 11.8 Å². The second-order valence-electron chi connectivity index (χ2n) is 4.55. The predicted molar refractivity (Wildman–Crippen MR) is 77.6 cm³/mol. The van der Waals surface area contributed by atoms with E-state index in [4.69, 9.17) is 4.84 Å². The van der Waals surface area contributed by atoms with E-state index in [1.54, 1.807) is 6.92 Å². The van der Waals surface area contributed by atoms with Crippen LogP contribution in [0.5, 0.6) is 0 Å². The van der Waals surface area contributed by atoms with E-state index in [1.165, 1.54) is 6.21 Å². The van der Waals surface area contributed by atoms with E-state index < -0.39 is 5.60 Å². The minimum Gasteiger partial charge on any atom is -0.391 e. The largest absolute Gasteiger partial charge is 0.391 e. The third kappa shape index (κ3) is 7.28. The van der Waals surface area contributed by atoms with E-state index in [1.807, 2.05) is 30.3 Å². The monoisotopic (exact) mass is 259 g/mol. The van der Waals surface area contributed by atoms with E-state index in [2.05, 4.69) is 23.9 Å². The van der Waals surface area contributed by atoms with Gasteiger partial charge in [0.05, 0.1) is 6.21 Å². The van der Waals surface area contributed by atoms with Crippen LogP contribution < -0.4 is 0 Å². The van der Waals surface area contributed by atoms with Crippen LogP contribution in [0.3, 0.4) is 0 Å². The second kappa shape index (κ2) is 8.34. The first-order valence-corrected chi connectivity index (χ1v) is 6.57. The zero-order valence-electron chi connectivity index (χ0n) is 11.6. The van der Waals surface area contributed by atoms with Gasteiger partial charge in [0.1, 0.15) is 6.61 Å². The quantitative estimate of drug-likeness (QED) is 0.369. The van der Waals surface area contributed by atoms with Gasteiger partial charge in [-0.3, -0.25) is 0 Å². The van der Waals surface area contributed by atoms with Crippen molar-refractivity contribution in [3.05, 3.63) is 35.9 Å². The molecule has 0 radical (unpaired) electrons. The fraction of sp³-hybridized carbons (Fsp3) is 0.438. The molecule has 1 aromatic rings. The first-order chi connectivity index (χ1) is 9.14. The van der Waals surface area contributed by atoms with Gasteiger partial charge in [-0.2, -0.15) is 0 Å². The number of aliphatic hydroxyl groups is 1. The zero-order chi connectivity index (χ0) is 14.0. The summed E-state index contributed by atoms with van der Waals surface area (Å²) in [6.45, 7) is 4.09. The fourth-order valence-electron chi connectivity index (χ4n) is 1.36. The van der Waals surface area contributed by atoms with Crippen molar-refractivity contribution in [2.75, 3.05) is 0 Å². The standard InChI is InChI=1S/C16H21NO2/c1-3-4-5-9-12-16(2,18)14-17-19-13-15-10-7-6-8-11-15/h6-8,10-11,14,18H,3-5,13H2,1-2H3/b17-14+. The molecule has 0 saturated carbocycles. The number of rotatable bonds is 6. The summed E-state index contributed by atoms with van der Waals surface area (Å²) in [5.41, 5.74) is -0.196. The van der Waals surface area contributed by atoms with Crippen LogP contribution in [0.15, 0.2) is 35.5 Å². The number of benzene rings is 1. The highest BCUT2D eigenvalue weighted by Crippen LogP contribution is 2.02. The molecule has 19 heavy (non-hydrogen) atoms. The first-order valence-electron chi connectivity index (χ1n) is 6.57. The Hall–Kier alpha value is -1.79. The van der Waals surface area contributed by atoms with Crippen molar-refractivity contribution >= 4 is 6.21 Å². The second-order valence-corrected chi connectivity index (χ2v) is 4.55. The SMILES string of the molecule is CCCCC#CC(C)(O)/C=N/OCc1ccccc1. The molecule has 0 aliphatic rings. The van der Waals surface area contributed by atoms with Crippen LogP contribution in [0.25, 0.3) is 0 Å². The molecule has 3 nitrogen and oxygen atoms in total. The van der Waals surface area contributed by atoms with E-state index in [9.17, 15) is 5.11 Å². The number of unbranched alkanes of at least 4 members (excludes halogenated alkanes) is 2. The summed E-state index contributed by atoms with van der Waals surface area (Å²) in [6, 6.07) is 9.75. The van der Waals surface area contributed by atoms with Crippen LogP contribution in [-0.2, 0) is 11.4 Å². The molecule has 1 atom stereocenters. The predicted octanol–water partition coefficient (Wildman–Crippen LogP) is 3.13. The average Bonchev–Trinajstić information content (AvgIpc) is 2.41. The molecule has 0 fully saturated rings. The topological polar surface area (TPSA) is 41.8 Å². The molecular formula is C16H21NO2. The van der Waals surface area contributed by atoms with Gasteiger partial charge in [0.15, 0.2) is 5.60 Å². The highest BCUT2D eigenvalue weighted by atomic mass is 16.6. The lowest BCUT2D eigenvalue weighted by molar-refractivity contribution is 0.123. The highest BCUT2D eigenvalue weighted by molar-refractivity contribution is 5.72. The minimum absolute atomic E-state index is 0.386. The van der Waals surface area contributed by atoms with Crippen molar-refractivity contribution in [2.24, 2.45) is 5.16 Å². The Kier molecular flexibility index (Phi) is 6.70. The molecule has 0 amide bonds. The Morgan fingerprint density at radius 2 is 2.11 bits per heavy atom. The number of nitrogens with zero attached hydrogens (tertiary/aromatic N) is 1. The molecule has 0 aliphatic carbocycles. The van der Waals surface area contributed by atoms with E-state index in [0.717, 1.165) is 24.8 Å². The van der Waals surface area contributed by atoms with Crippen molar-refractivity contribution in [3.63, 3.8) is 0 Å². The molecule has 0 bridgehead atoms. The Balaban J connectivity index is 2.35. The Morgan fingerprint density at radius 1 is 1.37 bits per heavy atom. The molecule has 1 N–H and O–H groups in total. The highest BCUT2D eigenvalue weighted by Gasteiger charge is 2.12. The van der Waals surface area contributed by atoms with Crippen LogP contribution in [0.2, 0.25) is 0 Å². The molecule has 0 saturated heterocycles. The molecule has 0 aliphatic heterocycles. The van der Waals surface area contributed by atoms with Gasteiger partial charge in [0, 0.05) is 6.42 Å². The molecule has 0 aromatic heterocycles. The summed E-state index contributed by atoms with van der Waals surface area (Å²) >= 11 is 0. The smallest absolute Gasteiger partial charge is 0.161 e. The van der Waals surface area contributed by atoms with Crippen molar-refractivity contribution < 1.29 is 9.94 Å². The summed E-state index contributed by atoms with van der Waals surface area (Å²) in [7, 11) is 0. The maximum atomic E-state index is 9.91. The number of hydrogen-bond acceptors (Lipinski definition) is 3. The summed E-state index contributed by atoms with van der Waals surface area (Å²) in [4.78, 5) is 5.12. The third-order valence-corrected chi connectivity index (χ3v) is 2.45. The van der Waals surface area contributed by atoms with Crippen molar-refractivity contribution in [1.82, 2.24) is 0 Å². The zero-order valence-corrected chi connectivity index (χ0v) is 11.6. The maximum absolute atomic E-state index is 9.91. The normalized spacial score (nSPS) is 13.6. The Labute approximate surface area is 115 Å². The molecule has 102 valence electrons. The van der Waals surface area contributed by atoms with E-state index >= 15 is 0 Å². The Morgan fingerprint density at radius 3 is 2.79 bits per heavy atom. The van der Waals surface area contributed by atoms with Crippen LogP contribution in [-0.4, -0.2) is 16.9 Å². The summed E-state index contributed by atoms with van der Waals surface area (Å²) in [5, 5.41) is 13.7. The van der Waals surface area contributed by atoms with Crippen LogP contribution in [0.1, 0.15) is 38.7 Å². The van der Waals surface area contributed by atoms with Gasteiger partial charge in [0.25, 0.3) is 0 Å². The van der Waals surface area contributed by atoms with Crippen LogP contribution in [0.4, 0.5) is 0 Å². The molecule has 1 unspecified atom stereocenters. The summed E-state index contributed by atoms with van der Waals surface area (Å²) in [5.74, 6) is 5.71. The fourth-order valence-corrected chi connectivity index (χ4v) is 1.36. The molecule has 3 heteroatoms. The van der Waals surface area contributed by atoms with Gasteiger partial charge in [-0.05, 0) is 18.9 Å². The average molecular weight is 259 g/mol. The lowest BCUT2D eigenvalue weighted by atomic mass is 10.1. The van der Waals surface area contributed by atoms with Crippen molar-refractivity contribution in [1.29, 1.82) is 0 Å². The van der Waals surface area contributed by atoms with Crippen LogP contribution in [0, 0.1) is 11.8 Å². The van der Waals surface area contributed by atoms with Gasteiger partial charge >= 0.3 is 0 Å². The summed E-state index contributed by atoms with van der Waals surface area (Å²) < 4.78 is 0. The van der Waals surface area contributed by atoms with Gasteiger partial charge in [-0.1, -0.05) is 60.7 Å². The van der Waals surface area contributed by atoms with Gasteiger partial charge in [-0.15, -0.1) is 0 Å². The van der Waals surface area contributed by atoms with E-state index in [0.29, 0.717) is 6.61 Å². The Bertz CT molecular complexity index is 441. The maximum Gasteiger partial charge on any atom is 0.161 e. The molecule has 1 rings (SSSR count). The first kappa shape index (κ1) is 15.3. The number of hydrogen-bond donors (Lipinski definition) is 1. The molecule has 0 spiro atoms. The van der Waals surface area contributed by atoms with Gasteiger partial charge in [0.2, 0.25) is 0 Å². The minimum atomic E-state index is -1.23. The van der Waals surface area contributed by atoms with E-state index in [-0.39, 0.29) is 0 Å². The third-order valence-electron chi connectivity index (χ3n) is 2.45. The lowest BCUT2D eigenvalue weighted by Gasteiger charge is -2.08. The van der Waals surface area contributed by atoms with Gasteiger partial charge < -0.3 is 9.94 Å². The summed E-state index contributed by atoms with van der Waals surface area (Å²) in [6.07, 6.45) is 4.27. The van der Waals surface area contributed by atoms with Gasteiger partial charge in [-0.25, -0.2) is 0 Å². The van der Waals surface area contributed by atoms with Crippen LogP contribution >= 0.6 is 0 Å². The molecular weight excluding hydrogens is 238 g/mol. The molecule has 0 heterocycles.